The maximum Gasteiger partial charge on any atom is 0.154 e. The fourth-order valence-electron chi connectivity index (χ4n) is 1.21. The number of nitrogens with zero attached hydrogens (tertiary/aromatic N) is 3. The van der Waals surface area contributed by atoms with Gasteiger partial charge in [-0.2, -0.15) is 5.10 Å². The lowest BCUT2D eigenvalue weighted by molar-refractivity contribution is 0.0659. The molecule has 74 valence electrons. The number of fused-ring (bicyclic) bond motifs is 1. The molecule has 0 aliphatic rings. The minimum atomic E-state index is -1.05. The van der Waals surface area contributed by atoms with E-state index in [1.54, 1.807) is 36.1 Å². The highest BCUT2D eigenvalue weighted by Crippen LogP contribution is 2.17. The Morgan fingerprint density at radius 3 is 3.14 bits per heavy atom. The molecule has 2 aromatic rings. The van der Waals surface area contributed by atoms with E-state index in [9.17, 15) is 5.11 Å². The molecule has 2 rings (SSSR count). The summed E-state index contributed by atoms with van der Waals surface area (Å²) in [7, 11) is 0. The van der Waals surface area contributed by atoms with Crippen molar-refractivity contribution in [2.24, 2.45) is 5.73 Å². The first-order valence-corrected chi connectivity index (χ1v) is 4.36. The molecule has 0 radical (unpaired) electrons. The fraction of sp³-hybridized carbons (Fsp3) is 0.333. The third-order valence-corrected chi connectivity index (χ3v) is 2.27. The summed E-state index contributed by atoms with van der Waals surface area (Å²) in [6.45, 7) is 1.81. The van der Waals surface area contributed by atoms with Crippen LogP contribution in [0.1, 0.15) is 12.5 Å². The van der Waals surface area contributed by atoms with E-state index < -0.39 is 5.60 Å². The summed E-state index contributed by atoms with van der Waals surface area (Å²) in [6, 6.07) is 1.79. The van der Waals surface area contributed by atoms with Crippen molar-refractivity contribution in [1.29, 1.82) is 0 Å². The smallest absolute Gasteiger partial charge is 0.154 e. The lowest BCUT2D eigenvalue weighted by Gasteiger charge is -2.20. The molecule has 2 aromatic heterocycles. The molecule has 0 bridgehead atoms. The van der Waals surface area contributed by atoms with Crippen LogP contribution in [-0.4, -0.2) is 26.2 Å². The molecule has 3 N–H and O–H groups in total. The van der Waals surface area contributed by atoms with Crippen LogP contribution in [0.15, 0.2) is 24.7 Å². The summed E-state index contributed by atoms with van der Waals surface area (Å²) in [5, 5.41) is 13.9. The molecule has 0 saturated heterocycles. The second kappa shape index (κ2) is 3.04. The van der Waals surface area contributed by atoms with Crippen molar-refractivity contribution in [2.75, 3.05) is 6.54 Å². The highest BCUT2D eigenvalue weighted by atomic mass is 16.3. The molecule has 1 atom stereocenters. The van der Waals surface area contributed by atoms with Gasteiger partial charge < -0.3 is 10.8 Å². The van der Waals surface area contributed by atoms with Crippen molar-refractivity contribution in [3.63, 3.8) is 0 Å². The van der Waals surface area contributed by atoms with Gasteiger partial charge in [0.05, 0.1) is 6.20 Å². The van der Waals surface area contributed by atoms with Crippen LogP contribution in [0, 0.1) is 0 Å². The number of hydrogen-bond donors (Lipinski definition) is 2. The Morgan fingerprint density at radius 1 is 1.64 bits per heavy atom. The van der Waals surface area contributed by atoms with Crippen molar-refractivity contribution < 1.29 is 5.11 Å². The molecule has 0 amide bonds. The van der Waals surface area contributed by atoms with Crippen molar-refractivity contribution in [1.82, 2.24) is 14.6 Å². The SMILES string of the molecule is CC(O)(CN)c1cnc2ccnn2c1. The van der Waals surface area contributed by atoms with Crippen LogP contribution < -0.4 is 5.73 Å². The molecular formula is C9H12N4O. The van der Waals surface area contributed by atoms with Gasteiger partial charge >= 0.3 is 0 Å². The van der Waals surface area contributed by atoms with Gasteiger partial charge in [-0.1, -0.05) is 0 Å². The van der Waals surface area contributed by atoms with Gasteiger partial charge in [-0.05, 0) is 6.92 Å². The van der Waals surface area contributed by atoms with Crippen molar-refractivity contribution in [3.05, 3.63) is 30.2 Å². The standard InChI is InChI=1S/C9H12N4O/c1-9(14,6-10)7-4-11-8-2-3-12-13(8)5-7/h2-5,14H,6,10H2,1H3. The maximum absolute atomic E-state index is 9.89. The second-order valence-corrected chi connectivity index (χ2v) is 3.45. The summed E-state index contributed by atoms with van der Waals surface area (Å²) in [4.78, 5) is 4.14. The zero-order valence-electron chi connectivity index (χ0n) is 7.88. The molecule has 0 fully saturated rings. The van der Waals surface area contributed by atoms with Gasteiger partial charge in [0.25, 0.3) is 0 Å². The Kier molecular flexibility index (Phi) is 1.98. The van der Waals surface area contributed by atoms with Crippen molar-refractivity contribution in [2.45, 2.75) is 12.5 Å². The maximum atomic E-state index is 9.89. The fourth-order valence-corrected chi connectivity index (χ4v) is 1.21. The molecule has 0 aliphatic heterocycles. The molecular weight excluding hydrogens is 180 g/mol. The first-order chi connectivity index (χ1) is 6.63. The molecule has 2 heterocycles. The average Bonchev–Trinajstić information content (AvgIpc) is 2.64. The predicted octanol–water partition coefficient (Wildman–Crippen LogP) is -0.105. The lowest BCUT2D eigenvalue weighted by atomic mass is 10.00. The number of nitrogens with two attached hydrogens (primary N) is 1. The van der Waals surface area contributed by atoms with E-state index in [1.165, 1.54) is 0 Å². The molecule has 5 heteroatoms. The molecule has 1 unspecified atom stereocenters. The van der Waals surface area contributed by atoms with Crippen LogP contribution in [0.3, 0.4) is 0 Å². The molecule has 0 saturated carbocycles. The Bertz CT molecular complexity index is 449. The second-order valence-electron chi connectivity index (χ2n) is 3.45. The number of rotatable bonds is 2. The first kappa shape index (κ1) is 9.11. The van der Waals surface area contributed by atoms with Gasteiger partial charge in [0, 0.05) is 30.6 Å². The van der Waals surface area contributed by atoms with E-state index >= 15 is 0 Å². The van der Waals surface area contributed by atoms with Crippen LogP contribution in [0.4, 0.5) is 0 Å². The Balaban J connectivity index is 2.53. The monoisotopic (exact) mass is 192 g/mol. The zero-order valence-corrected chi connectivity index (χ0v) is 7.88. The molecule has 5 nitrogen and oxygen atoms in total. The van der Waals surface area contributed by atoms with E-state index in [1.807, 2.05) is 0 Å². The number of aliphatic hydroxyl groups is 1. The van der Waals surface area contributed by atoms with Gasteiger partial charge in [-0.25, -0.2) is 9.50 Å². The summed E-state index contributed by atoms with van der Waals surface area (Å²) in [6.07, 6.45) is 5.00. The highest BCUT2D eigenvalue weighted by Gasteiger charge is 2.21. The van der Waals surface area contributed by atoms with Crippen LogP contribution >= 0.6 is 0 Å². The number of hydrogen-bond acceptors (Lipinski definition) is 4. The lowest BCUT2D eigenvalue weighted by Crippen LogP contribution is -2.31. The van der Waals surface area contributed by atoms with E-state index in [4.69, 9.17) is 5.73 Å². The Labute approximate surface area is 81.2 Å². The Morgan fingerprint density at radius 2 is 2.43 bits per heavy atom. The molecule has 0 spiro atoms. The van der Waals surface area contributed by atoms with Gasteiger partial charge in [0.2, 0.25) is 0 Å². The van der Waals surface area contributed by atoms with Crippen LogP contribution in [0.5, 0.6) is 0 Å². The minimum Gasteiger partial charge on any atom is -0.384 e. The van der Waals surface area contributed by atoms with E-state index in [0.29, 0.717) is 5.56 Å². The van der Waals surface area contributed by atoms with Gasteiger partial charge in [-0.15, -0.1) is 0 Å². The molecule has 0 aromatic carbocycles. The van der Waals surface area contributed by atoms with E-state index in [2.05, 4.69) is 10.1 Å². The summed E-state index contributed by atoms with van der Waals surface area (Å²) in [5.74, 6) is 0. The zero-order chi connectivity index (χ0) is 10.2. The topological polar surface area (TPSA) is 76.4 Å². The third kappa shape index (κ3) is 1.36. The van der Waals surface area contributed by atoms with Gasteiger partial charge in [0.1, 0.15) is 5.60 Å². The van der Waals surface area contributed by atoms with Crippen molar-refractivity contribution >= 4 is 5.65 Å². The third-order valence-electron chi connectivity index (χ3n) is 2.27. The summed E-state index contributed by atoms with van der Waals surface area (Å²) >= 11 is 0. The quantitative estimate of drug-likeness (QED) is 0.696. The highest BCUT2D eigenvalue weighted by molar-refractivity contribution is 5.36. The first-order valence-electron chi connectivity index (χ1n) is 4.36. The van der Waals surface area contributed by atoms with Crippen LogP contribution in [0.2, 0.25) is 0 Å². The normalized spacial score (nSPS) is 15.6. The average molecular weight is 192 g/mol. The summed E-state index contributed by atoms with van der Waals surface area (Å²) < 4.78 is 1.61. The number of aromatic nitrogens is 3. The van der Waals surface area contributed by atoms with Crippen LogP contribution in [0.25, 0.3) is 5.65 Å². The predicted molar refractivity (Wildman–Crippen MR) is 51.6 cm³/mol. The van der Waals surface area contributed by atoms with Crippen molar-refractivity contribution in [3.8, 4) is 0 Å². The van der Waals surface area contributed by atoms with Gasteiger partial charge in [-0.3, -0.25) is 0 Å². The summed E-state index contributed by atoms with van der Waals surface area (Å²) in [5.41, 5.74) is 5.82. The van der Waals surface area contributed by atoms with E-state index in [0.717, 1.165) is 5.65 Å². The molecule has 0 aliphatic carbocycles. The Hall–Kier alpha value is -1.46. The van der Waals surface area contributed by atoms with Gasteiger partial charge in [0.15, 0.2) is 5.65 Å². The largest absolute Gasteiger partial charge is 0.384 e. The minimum absolute atomic E-state index is 0.154. The molecule has 14 heavy (non-hydrogen) atoms. The van der Waals surface area contributed by atoms with E-state index in [-0.39, 0.29) is 6.54 Å². The van der Waals surface area contributed by atoms with Crippen LogP contribution in [-0.2, 0) is 5.60 Å².